The molecular formula is C9H14N2O2. The largest absolute Gasteiger partial charge is 0.364 e. The molecule has 0 aromatic carbocycles. The lowest BCUT2D eigenvalue weighted by Crippen LogP contribution is -2.22. The van der Waals surface area contributed by atoms with Crippen LogP contribution in [0.3, 0.4) is 0 Å². The van der Waals surface area contributed by atoms with Gasteiger partial charge >= 0.3 is 0 Å². The number of nitrogens with one attached hydrogen (secondary N) is 2. The van der Waals surface area contributed by atoms with E-state index in [-0.39, 0.29) is 5.91 Å². The van der Waals surface area contributed by atoms with Crippen molar-refractivity contribution in [3.63, 3.8) is 0 Å². The molecule has 0 saturated heterocycles. The molecule has 1 amide bonds. The molecule has 0 aliphatic heterocycles. The van der Waals surface area contributed by atoms with Crippen molar-refractivity contribution in [2.75, 3.05) is 7.11 Å². The lowest BCUT2D eigenvalue weighted by molar-refractivity contribution is 0.0536. The summed E-state index contributed by atoms with van der Waals surface area (Å²) in [6, 6.07) is 1.74. The number of rotatable bonds is 3. The molecule has 0 aliphatic rings. The summed E-state index contributed by atoms with van der Waals surface area (Å²) >= 11 is 0. The number of hydrogen-bond donors (Lipinski definition) is 2. The van der Waals surface area contributed by atoms with Gasteiger partial charge in [-0.15, -0.1) is 0 Å². The molecule has 1 aromatic heterocycles. The van der Waals surface area contributed by atoms with Crippen LogP contribution in [0.2, 0.25) is 0 Å². The Morgan fingerprint density at radius 2 is 2.31 bits per heavy atom. The fraction of sp³-hybridized carbons (Fsp3) is 0.444. The molecule has 0 fully saturated rings. The molecule has 0 aliphatic carbocycles. The van der Waals surface area contributed by atoms with Crippen LogP contribution in [0.5, 0.6) is 0 Å². The quantitative estimate of drug-likeness (QED) is 0.695. The first-order chi connectivity index (χ1) is 6.16. The summed E-state index contributed by atoms with van der Waals surface area (Å²) in [7, 11) is 1.42. The predicted molar refractivity (Wildman–Crippen MR) is 49.4 cm³/mol. The number of hydroxylamine groups is 1. The first-order valence-corrected chi connectivity index (χ1v) is 4.17. The highest BCUT2D eigenvalue weighted by Crippen LogP contribution is 2.16. The van der Waals surface area contributed by atoms with Gasteiger partial charge in [0.25, 0.3) is 5.91 Å². The molecule has 2 N–H and O–H groups in total. The second kappa shape index (κ2) is 4.09. The molecule has 0 saturated carbocycles. The predicted octanol–water partition coefficient (Wildman–Crippen LogP) is 1.43. The number of hydrogen-bond acceptors (Lipinski definition) is 2. The first-order valence-electron chi connectivity index (χ1n) is 4.17. The molecule has 1 rings (SSSR count). The molecule has 0 atom stereocenters. The molecule has 72 valence electrons. The normalized spacial score (nSPS) is 10.5. The molecular weight excluding hydrogens is 168 g/mol. The Hall–Kier alpha value is -1.29. The van der Waals surface area contributed by atoms with Crippen LogP contribution < -0.4 is 5.48 Å². The summed E-state index contributed by atoms with van der Waals surface area (Å²) in [4.78, 5) is 19.0. The van der Waals surface area contributed by atoms with Crippen molar-refractivity contribution in [1.82, 2.24) is 10.5 Å². The Morgan fingerprint density at radius 1 is 1.62 bits per heavy atom. The van der Waals surface area contributed by atoms with Crippen molar-refractivity contribution in [1.29, 1.82) is 0 Å². The summed E-state index contributed by atoms with van der Waals surface area (Å²) in [5.74, 6) is 0.0834. The van der Waals surface area contributed by atoms with E-state index in [9.17, 15) is 4.79 Å². The summed E-state index contributed by atoms with van der Waals surface area (Å²) in [6.45, 7) is 4.05. The van der Waals surface area contributed by atoms with E-state index < -0.39 is 0 Å². The van der Waals surface area contributed by atoms with E-state index in [1.165, 1.54) is 7.11 Å². The maximum atomic E-state index is 11.4. The summed E-state index contributed by atoms with van der Waals surface area (Å²) in [6.07, 6.45) is 1.75. The van der Waals surface area contributed by atoms with Crippen molar-refractivity contribution < 1.29 is 9.63 Å². The third kappa shape index (κ3) is 2.09. The van der Waals surface area contributed by atoms with Crippen LogP contribution in [0, 0.1) is 0 Å². The van der Waals surface area contributed by atoms with Crippen LogP contribution in [-0.4, -0.2) is 18.0 Å². The number of amides is 1. The zero-order chi connectivity index (χ0) is 9.84. The van der Waals surface area contributed by atoms with Gasteiger partial charge in [0.1, 0.15) is 0 Å². The minimum Gasteiger partial charge on any atom is -0.364 e. The van der Waals surface area contributed by atoms with E-state index in [0.29, 0.717) is 11.5 Å². The average molecular weight is 182 g/mol. The number of carbonyl (C=O) groups is 1. The summed E-state index contributed by atoms with van der Waals surface area (Å²) in [5.41, 5.74) is 3.85. The minimum atomic E-state index is -0.215. The Bertz CT molecular complexity index is 292. The molecule has 0 spiro atoms. The molecule has 0 radical (unpaired) electrons. The molecule has 1 aromatic rings. The Labute approximate surface area is 77.2 Å². The van der Waals surface area contributed by atoms with Gasteiger partial charge in [0, 0.05) is 11.9 Å². The van der Waals surface area contributed by atoms with Gasteiger partial charge < -0.3 is 4.98 Å². The number of H-pyrrole nitrogens is 1. The fourth-order valence-corrected chi connectivity index (χ4v) is 1.21. The van der Waals surface area contributed by atoms with Crippen molar-refractivity contribution in [2.45, 2.75) is 19.8 Å². The van der Waals surface area contributed by atoms with Crippen molar-refractivity contribution in [3.8, 4) is 0 Å². The topological polar surface area (TPSA) is 54.1 Å². The van der Waals surface area contributed by atoms with Gasteiger partial charge in [0.15, 0.2) is 0 Å². The SMILES string of the molecule is CONC(=O)c1cc[nH]c1C(C)C. The minimum absolute atomic E-state index is 0.215. The average Bonchev–Trinajstić information content (AvgIpc) is 2.52. The van der Waals surface area contributed by atoms with Crippen molar-refractivity contribution in [3.05, 3.63) is 23.5 Å². The smallest absolute Gasteiger partial charge is 0.276 e. The van der Waals surface area contributed by atoms with E-state index in [4.69, 9.17) is 0 Å². The van der Waals surface area contributed by atoms with Gasteiger partial charge in [-0.05, 0) is 12.0 Å². The standard InChI is InChI=1S/C9H14N2O2/c1-6(2)8-7(4-5-10-8)9(12)11-13-3/h4-6,10H,1-3H3,(H,11,12). The monoisotopic (exact) mass is 182 g/mol. The van der Waals surface area contributed by atoms with E-state index >= 15 is 0 Å². The van der Waals surface area contributed by atoms with Gasteiger partial charge in [-0.3, -0.25) is 9.63 Å². The zero-order valence-electron chi connectivity index (χ0n) is 8.05. The van der Waals surface area contributed by atoms with Crippen molar-refractivity contribution in [2.24, 2.45) is 0 Å². The third-order valence-electron chi connectivity index (χ3n) is 1.80. The number of carbonyl (C=O) groups excluding carboxylic acids is 1. The van der Waals surface area contributed by atoms with Gasteiger partial charge in [-0.2, -0.15) is 0 Å². The van der Waals surface area contributed by atoms with Crippen LogP contribution in [0.4, 0.5) is 0 Å². The van der Waals surface area contributed by atoms with Crippen LogP contribution in [0.15, 0.2) is 12.3 Å². The zero-order valence-corrected chi connectivity index (χ0v) is 8.05. The van der Waals surface area contributed by atoms with Crippen LogP contribution in [-0.2, 0) is 4.84 Å². The van der Waals surface area contributed by atoms with Gasteiger partial charge in [0.05, 0.1) is 12.7 Å². The Kier molecular flexibility index (Phi) is 3.08. The van der Waals surface area contributed by atoms with Gasteiger partial charge in [0.2, 0.25) is 0 Å². The second-order valence-electron chi connectivity index (χ2n) is 3.10. The van der Waals surface area contributed by atoms with Gasteiger partial charge in [-0.25, -0.2) is 5.48 Å². The lowest BCUT2D eigenvalue weighted by atomic mass is 10.1. The van der Waals surface area contributed by atoms with Crippen molar-refractivity contribution >= 4 is 5.91 Å². The highest BCUT2D eigenvalue weighted by Gasteiger charge is 2.13. The lowest BCUT2D eigenvalue weighted by Gasteiger charge is -2.06. The first kappa shape index (κ1) is 9.80. The van der Waals surface area contributed by atoms with E-state index in [1.807, 2.05) is 13.8 Å². The van der Waals surface area contributed by atoms with Crippen LogP contribution in [0.1, 0.15) is 35.8 Å². The maximum Gasteiger partial charge on any atom is 0.276 e. The number of aromatic amines is 1. The Balaban J connectivity index is 2.87. The summed E-state index contributed by atoms with van der Waals surface area (Å²) < 4.78 is 0. The molecule has 1 heterocycles. The fourth-order valence-electron chi connectivity index (χ4n) is 1.21. The van der Waals surface area contributed by atoms with E-state index in [0.717, 1.165) is 5.69 Å². The second-order valence-corrected chi connectivity index (χ2v) is 3.10. The highest BCUT2D eigenvalue weighted by atomic mass is 16.6. The maximum absolute atomic E-state index is 11.4. The highest BCUT2D eigenvalue weighted by molar-refractivity contribution is 5.94. The number of aromatic nitrogens is 1. The molecule has 4 nitrogen and oxygen atoms in total. The molecule has 0 unspecified atom stereocenters. The Morgan fingerprint density at radius 3 is 2.85 bits per heavy atom. The summed E-state index contributed by atoms with van der Waals surface area (Å²) in [5, 5.41) is 0. The molecule has 4 heteroatoms. The van der Waals surface area contributed by atoms with Gasteiger partial charge in [-0.1, -0.05) is 13.8 Å². The molecule has 13 heavy (non-hydrogen) atoms. The third-order valence-corrected chi connectivity index (χ3v) is 1.80. The molecule has 0 bridgehead atoms. The van der Waals surface area contributed by atoms with Crippen LogP contribution in [0.25, 0.3) is 0 Å². The van der Waals surface area contributed by atoms with Crippen LogP contribution >= 0.6 is 0 Å². The van der Waals surface area contributed by atoms with E-state index in [1.54, 1.807) is 12.3 Å². The van der Waals surface area contributed by atoms with E-state index in [2.05, 4.69) is 15.3 Å².